The van der Waals surface area contributed by atoms with Crippen LogP contribution in [0.4, 0.5) is 0 Å². The van der Waals surface area contributed by atoms with Gasteiger partial charge in [-0.1, -0.05) is 20.8 Å². The first kappa shape index (κ1) is 26.0. The number of hydrogen-bond donors (Lipinski definition) is 2. The van der Waals surface area contributed by atoms with Crippen LogP contribution in [-0.2, 0) is 9.53 Å². The van der Waals surface area contributed by atoms with E-state index in [1.807, 2.05) is 7.11 Å². The molecule has 5 aliphatic rings. The molecular formula is C30H51NO4. The van der Waals surface area contributed by atoms with Gasteiger partial charge in [-0.05, 0) is 117 Å². The molecule has 0 aromatic carbocycles. The maximum absolute atomic E-state index is 12.9. The second-order valence-corrected chi connectivity index (χ2v) is 13.8. The zero-order valence-corrected chi connectivity index (χ0v) is 22.8. The van der Waals surface area contributed by atoms with Crippen LogP contribution in [0.3, 0.4) is 0 Å². The van der Waals surface area contributed by atoms with Crippen molar-refractivity contribution in [3.8, 4) is 0 Å². The predicted octanol–water partition coefficient (Wildman–Crippen LogP) is 5.03. The summed E-state index contributed by atoms with van der Waals surface area (Å²) in [5, 5.41) is 19.6. The molecule has 4 aliphatic carbocycles. The Bertz CT molecular complexity index is 773. The maximum atomic E-state index is 12.9. The highest BCUT2D eigenvalue weighted by Crippen LogP contribution is 2.68. The molecule has 2 N–H and O–H groups in total. The fourth-order valence-corrected chi connectivity index (χ4v) is 10.5. The van der Waals surface area contributed by atoms with Gasteiger partial charge in [0.25, 0.3) is 0 Å². The number of likely N-dealkylation sites (tertiary alicyclic amines) is 1. The van der Waals surface area contributed by atoms with Crippen molar-refractivity contribution in [2.75, 3.05) is 20.3 Å². The van der Waals surface area contributed by atoms with Crippen molar-refractivity contribution in [1.82, 2.24) is 4.90 Å². The Kier molecular flexibility index (Phi) is 7.35. The Hall–Kier alpha value is -0.650. The summed E-state index contributed by atoms with van der Waals surface area (Å²) < 4.78 is 5.78. The molecule has 5 heteroatoms. The molecule has 5 nitrogen and oxygen atoms in total. The first-order chi connectivity index (χ1) is 16.7. The van der Waals surface area contributed by atoms with Gasteiger partial charge in [0.15, 0.2) is 0 Å². The normalized spacial score (nSPS) is 48.2. The molecule has 0 aromatic heterocycles. The lowest BCUT2D eigenvalue weighted by molar-refractivity contribution is -0.135. The summed E-state index contributed by atoms with van der Waals surface area (Å²) in [6, 6.07) is -0.202. The van der Waals surface area contributed by atoms with Crippen LogP contribution in [0.15, 0.2) is 0 Å². The number of nitrogens with zero attached hydrogens (tertiary/aromatic N) is 1. The molecule has 1 heterocycles. The number of aliphatic hydroxyl groups excluding tert-OH is 2. The molecular weight excluding hydrogens is 438 g/mol. The summed E-state index contributed by atoms with van der Waals surface area (Å²) >= 11 is 0. The summed E-state index contributed by atoms with van der Waals surface area (Å²) in [5.41, 5.74) is 0.937. The van der Waals surface area contributed by atoms with E-state index in [1.165, 1.54) is 57.8 Å². The van der Waals surface area contributed by atoms with E-state index in [0.29, 0.717) is 48.2 Å². The maximum Gasteiger partial charge on any atom is 0.222 e. The third kappa shape index (κ3) is 4.40. The monoisotopic (exact) mass is 489 g/mol. The van der Waals surface area contributed by atoms with Crippen molar-refractivity contribution in [3.05, 3.63) is 0 Å². The first-order valence-corrected chi connectivity index (χ1v) is 14.8. The smallest absolute Gasteiger partial charge is 0.222 e. The number of hydrogen-bond acceptors (Lipinski definition) is 4. The minimum atomic E-state index is -0.486. The molecule has 0 bridgehead atoms. The van der Waals surface area contributed by atoms with Crippen molar-refractivity contribution in [3.63, 3.8) is 0 Å². The van der Waals surface area contributed by atoms with E-state index >= 15 is 0 Å². The minimum Gasteiger partial charge on any atom is -0.394 e. The molecule has 1 unspecified atom stereocenters. The van der Waals surface area contributed by atoms with Crippen molar-refractivity contribution in [1.29, 1.82) is 0 Å². The highest BCUT2D eigenvalue weighted by atomic mass is 16.5. The summed E-state index contributed by atoms with van der Waals surface area (Å²) in [5.74, 6) is 4.88. The zero-order valence-electron chi connectivity index (χ0n) is 22.8. The van der Waals surface area contributed by atoms with Crippen LogP contribution in [0.5, 0.6) is 0 Å². The van der Waals surface area contributed by atoms with Gasteiger partial charge in [-0.2, -0.15) is 0 Å². The van der Waals surface area contributed by atoms with Crippen LogP contribution < -0.4 is 0 Å². The third-order valence-electron chi connectivity index (χ3n) is 12.4. The fourth-order valence-electron chi connectivity index (χ4n) is 10.5. The van der Waals surface area contributed by atoms with Gasteiger partial charge in [0, 0.05) is 20.1 Å². The van der Waals surface area contributed by atoms with E-state index < -0.39 is 6.10 Å². The van der Waals surface area contributed by atoms with Gasteiger partial charge in [-0.3, -0.25) is 4.79 Å². The second kappa shape index (κ2) is 9.91. The van der Waals surface area contributed by atoms with E-state index in [9.17, 15) is 15.0 Å². The van der Waals surface area contributed by atoms with Crippen LogP contribution >= 0.6 is 0 Å². The van der Waals surface area contributed by atoms with Crippen molar-refractivity contribution >= 4 is 5.91 Å². The minimum absolute atomic E-state index is 0.0464. The van der Waals surface area contributed by atoms with Crippen LogP contribution in [0.2, 0.25) is 0 Å². The Balaban J connectivity index is 1.22. The molecule has 1 amide bonds. The predicted molar refractivity (Wildman–Crippen MR) is 138 cm³/mol. The number of rotatable bonds is 6. The van der Waals surface area contributed by atoms with E-state index in [4.69, 9.17) is 4.74 Å². The zero-order chi connectivity index (χ0) is 25.0. The Labute approximate surface area is 213 Å². The van der Waals surface area contributed by atoms with Gasteiger partial charge in [0.2, 0.25) is 5.91 Å². The van der Waals surface area contributed by atoms with Gasteiger partial charge < -0.3 is 19.8 Å². The van der Waals surface area contributed by atoms with Gasteiger partial charge in [-0.25, -0.2) is 0 Å². The second-order valence-electron chi connectivity index (χ2n) is 13.8. The van der Waals surface area contributed by atoms with Crippen molar-refractivity contribution in [2.24, 2.45) is 46.3 Å². The average Bonchev–Trinajstić information content (AvgIpc) is 3.41. The SMILES string of the molecule is CO[C@@H]1CC[C@@]2(C)C(CC[C@H]3[C@@H]4CC[C@H]([C@H](C)CCC(=O)N5C[C@H](O)C[C@H]5CO)[C@@]4(C)CC[C@@H]32)C1. The topological polar surface area (TPSA) is 70.0 Å². The molecule has 0 spiro atoms. The molecule has 1 saturated heterocycles. The Morgan fingerprint density at radius 1 is 1.03 bits per heavy atom. The molecule has 1 aliphatic heterocycles. The lowest BCUT2D eigenvalue weighted by Crippen LogP contribution is -2.54. The summed E-state index contributed by atoms with van der Waals surface area (Å²) in [6.45, 7) is 7.98. The molecule has 35 heavy (non-hydrogen) atoms. The van der Waals surface area contributed by atoms with Crippen LogP contribution in [0.25, 0.3) is 0 Å². The van der Waals surface area contributed by atoms with E-state index in [2.05, 4.69) is 20.8 Å². The highest BCUT2D eigenvalue weighted by Gasteiger charge is 2.60. The number of carbonyl (C=O) groups excluding carboxylic acids is 1. The van der Waals surface area contributed by atoms with Gasteiger partial charge in [0.05, 0.1) is 24.9 Å². The number of ether oxygens (including phenoxy) is 1. The largest absolute Gasteiger partial charge is 0.394 e. The Morgan fingerprint density at radius 2 is 1.77 bits per heavy atom. The quantitative estimate of drug-likeness (QED) is 0.549. The first-order valence-electron chi connectivity index (χ1n) is 14.8. The van der Waals surface area contributed by atoms with Crippen molar-refractivity contribution < 1.29 is 19.7 Å². The molecule has 0 aromatic rings. The lowest BCUT2D eigenvalue weighted by atomic mass is 9.44. The molecule has 5 rings (SSSR count). The van der Waals surface area contributed by atoms with Gasteiger partial charge in [0.1, 0.15) is 0 Å². The summed E-state index contributed by atoms with van der Waals surface area (Å²) in [4.78, 5) is 14.7. The molecule has 200 valence electrons. The lowest BCUT2D eigenvalue weighted by Gasteiger charge is -2.61. The molecule has 4 saturated carbocycles. The number of β-amino-alcohol motifs (C(OH)–C–C–N with tert-alkyl or cyclic N) is 1. The van der Waals surface area contributed by atoms with Crippen LogP contribution in [0, 0.1) is 46.3 Å². The standard InChI is InChI=1S/C30H51NO4/c1-19(5-10-28(34)31-17-22(33)16-21(31)18-32)25-8-9-26-24-7-6-20-15-23(35-4)11-13-29(20,2)27(24)12-14-30(25,26)3/h19-27,32-33H,5-18H2,1-4H3/t19-,20?,21+,22-,23-,24+,25-,26+,27+,29+,30-/m1/s1. The summed E-state index contributed by atoms with van der Waals surface area (Å²) in [6.07, 6.45) is 14.1. The molecule has 11 atom stereocenters. The average molecular weight is 490 g/mol. The summed E-state index contributed by atoms with van der Waals surface area (Å²) in [7, 11) is 1.90. The van der Waals surface area contributed by atoms with E-state index in [1.54, 1.807) is 4.90 Å². The van der Waals surface area contributed by atoms with Crippen molar-refractivity contribution in [2.45, 2.75) is 116 Å². The number of methoxy groups -OCH3 is 1. The van der Waals surface area contributed by atoms with Gasteiger partial charge >= 0.3 is 0 Å². The van der Waals surface area contributed by atoms with E-state index in [-0.39, 0.29) is 18.6 Å². The number of aliphatic hydroxyl groups is 2. The number of carbonyl (C=O) groups is 1. The molecule has 0 radical (unpaired) electrons. The number of fused-ring (bicyclic) bond motifs is 5. The van der Waals surface area contributed by atoms with Crippen LogP contribution in [-0.4, -0.2) is 59.5 Å². The fraction of sp³-hybridized carbons (Fsp3) is 0.967. The number of amides is 1. The van der Waals surface area contributed by atoms with E-state index in [0.717, 1.165) is 30.1 Å². The molecule has 5 fully saturated rings. The third-order valence-corrected chi connectivity index (χ3v) is 12.4. The highest BCUT2D eigenvalue weighted by molar-refractivity contribution is 5.77. The van der Waals surface area contributed by atoms with Gasteiger partial charge in [-0.15, -0.1) is 0 Å². The Morgan fingerprint density at radius 3 is 2.51 bits per heavy atom. The van der Waals surface area contributed by atoms with Crippen LogP contribution in [0.1, 0.15) is 97.8 Å².